The molecule has 0 saturated heterocycles. The molecule has 6 nitrogen and oxygen atoms in total. The summed E-state index contributed by atoms with van der Waals surface area (Å²) in [4.78, 5) is 24.6. The van der Waals surface area contributed by atoms with Crippen LogP contribution in [-0.4, -0.2) is 47.4 Å². The highest BCUT2D eigenvalue weighted by Crippen LogP contribution is 2.18. The molecular formula is C64H125NO5. The van der Waals surface area contributed by atoms with Crippen molar-refractivity contribution in [3.8, 4) is 0 Å². The lowest BCUT2D eigenvalue weighted by Gasteiger charge is -2.22. The van der Waals surface area contributed by atoms with E-state index in [0.29, 0.717) is 25.9 Å². The molecule has 6 heteroatoms. The van der Waals surface area contributed by atoms with E-state index in [9.17, 15) is 19.8 Å². The van der Waals surface area contributed by atoms with E-state index in [1.165, 1.54) is 283 Å². The summed E-state index contributed by atoms with van der Waals surface area (Å²) >= 11 is 0. The first-order valence-corrected chi connectivity index (χ1v) is 31.9. The van der Waals surface area contributed by atoms with Gasteiger partial charge in [-0.25, -0.2) is 0 Å². The van der Waals surface area contributed by atoms with Crippen molar-refractivity contribution in [2.45, 2.75) is 373 Å². The van der Waals surface area contributed by atoms with E-state index in [4.69, 9.17) is 4.74 Å². The Bertz CT molecular complexity index is 1050. The van der Waals surface area contributed by atoms with Gasteiger partial charge in [-0.1, -0.05) is 309 Å². The number of rotatable bonds is 60. The SMILES string of the molecule is CCCCCCCC/C=C\CCCCCCCCCCCC(=O)OCCCCCCCCCCCCCCCCCCCCCC(=O)NC(CO)C(O)CCCCCCCCCCCCCCCCC. The molecule has 0 rings (SSSR count). The van der Waals surface area contributed by atoms with Gasteiger partial charge in [-0.2, -0.15) is 0 Å². The minimum absolute atomic E-state index is 0.00959. The lowest BCUT2D eigenvalue weighted by atomic mass is 10.0. The van der Waals surface area contributed by atoms with Crippen LogP contribution >= 0.6 is 0 Å². The molecule has 0 bridgehead atoms. The molecular weight excluding hydrogens is 863 g/mol. The van der Waals surface area contributed by atoms with Gasteiger partial charge in [-0.15, -0.1) is 0 Å². The number of amides is 1. The van der Waals surface area contributed by atoms with Crippen LogP contribution in [0.25, 0.3) is 0 Å². The maximum Gasteiger partial charge on any atom is 0.305 e. The average molecular weight is 989 g/mol. The maximum atomic E-state index is 12.5. The second-order valence-electron chi connectivity index (χ2n) is 22.1. The molecule has 3 N–H and O–H groups in total. The number of unbranched alkanes of at least 4 members (excludes halogenated alkanes) is 47. The molecule has 70 heavy (non-hydrogen) atoms. The largest absolute Gasteiger partial charge is 0.466 e. The van der Waals surface area contributed by atoms with Gasteiger partial charge in [0.15, 0.2) is 0 Å². The van der Waals surface area contributed by atoms with E-state index in [1.54, 1.807) is 0 Å². The second-order valence-corrected chi connectivity index (χ2v) is 22.1. The first-order valence-electron chi connectivity index (χ1n) is 31.9. The molecule has 0 aromatic rings. The molecule has 2 atom stereocenters. The zero-order chi connectivity index (χ0) is 50.7. The summed E-state index contributed by atoms with van der Waals surface area (Å²) < 4.78 is 5.50. The number of esters is 1. The molecule has 2 unspecified atom stereocenters. The predicted octanol–water partition coefficient (Wildman–Crippen LogP) is 20.0. The Balaban J connectivity index is 3.37. The Morgan fingerprint density at radius 1 is 0.386 bits per heavy atom. The number of aliphatic hydroxyl groups excluding tert-OH is 2. The van der Waals surface area contributed by atoms with Crippen LogP contribution in [0.5, 0.6) is 0 Å². The third-order valence-electron chi connectivity index (χ3n) is 15.1. The van der Waals surface area contributed by atoms with Gasteiger partial charge in [0.25, 0.3) is 0 Å². The van der Waals surface area contributed by atoms with Crippen LogP contribution < -0.4 is 5.32 Å². The Morgan fingerprint density at radius 3 is 1.01 bits per heavy atom. The number of aliphatic hydroxyl groups is 2. The Hall–Kier alpha value is -1.40. The number of ether oxygens (including phenoxy) is 1. The standard InChI is InChI=1S/C64H125NO5/c1-3-5-7-9-11-13-15-17-19-20-22-26-30-34-38-42-46-50-54-58-64(69)70-59-55-51-47-43-39-35-31-27-24-21-23-25-29-33-37-41-45-49-53-57-63(68)65-61(60-66)62(67)56-52-48-44-40-36-32-28-18-16-14-12-10-8-6-4-2/h17,19,61-62,66-67H,3-16,18,20-60H2,1-2H3,(H,65,68)/b19-17-. The normalized spacial score (nSPS) is 12.6. The van der Waals surface area contributed by atoms with E-state index in [1.807, 2.05) is 0 Å². The number of hydrogen-bond acceptors (Lipinski definition) is 5. The summed E-state index contributed by atoms with van der Waals surface area (Å²) in [5, 5.41) is 23.3. The highest BCUT2D eigenvalue weighted by molar-refractivity contribution is 5.76. The smallest absolute Gasteiger partial charge is 0.305 e. The van der Waals surface area contributed by atoms with E-state index < -0.39 is 12.1 Å². The van der Waals surface area contributed by atoms with Crippen LogP contribution in [-0.2, 0) is 14.3 Å². The lowest BCUT2D eigenvalue weighted by Crippen LogP contribution is -2.45. The van der Waals surface area contributed by atoms with Crippen molar-refractivity contribution in [1.29, 1.82) is 0 Å². The minimum Gasteiger partial charge on any atom is -0.466 e. The van der Waals surface area contributed by atoms with Gasteiger partial charge in [-0.3, -0.25) is 9.59 Å². The Morgan fingerprint density at radius 2 is 0.671 bits per heavy atom. The third kappa shape index (κ3) is 55.9. The first-order chi connectivity index (χ1) is 34.5. The molecule has 0 aliphatic rings. The van der Waals surface area contributed by atoms with Gasteiger partial charge in [0.2, 0.25) is 5.91 Å². The molecule has 1 amide bonds. The van der Waals surface area contributed by atoms with E-state index >= 15 is 0 Å². The number of carbonyl (C=O) groups is 2. The fraction of sp³-hybridized carbons (Fsp3) is 0.938. The van der Waals surface area contributed by atoms with E-state index in [2.05, 4.69) is 31.3 Å². The molecule has 0 aromatic heterocycles. The average Bonchev–Trinajstić information content (AvgIpc) is 3.36. The first kappa shape index (κ1) is 68.6. The van der Waals surface area contributed by atoms with E-state index in [-0.39, 0.29) is 18.5 Å². The third-order valence-corrected chi connectivity index (χ3v) is 15.1. The molecule has 0 spiro atoms. The van der Waals surface area contributed by atoms with Crippen LogP contribution in [0.2, 0.25) is 0 Å². The zero-order valence-corrected chi connectivity index (χ0v) is 47.5. The van der Waals surface area contributed by atoms with Crippen molar-refractivity contribution in [2.75, 3.05) is 13.2 Å². The van der Waals surface area contributed by atoms with Crippen molar-refractivity contribution in [3.63, 3.8) is 0 Å². The summed E-state index contributed by atoms with van der Waals surface area (Å²) in [6, 6.07) is -0.543. The fourth-order valence-corrected chi connectivity index (χ4v) is 10.2. The van der Waals surface area contributed by atoms with Crippen molar-refractivity contribution >= 4 is 11.9 Å². The second kappa shape index (κ2) is 60.2. The minimum atomic E-state index is -0.665. The lowest BCUT2D eigenvalue weighted by molar-refractivity contribution is -0.143. The number of hydrogen-bond donors (Lipinski definition) is 3. The predicted molar refractivity (Wildman–Crippen MR) is 306 cm³/mol. The van der Waals surface area contributed by atoms with Gasteiger partial charge in [0.1, 0.15) is 0 Å². The van der Waals surface area contributed by atoms with Crippen molar-refractivity contribution in [3.05, 3.63) is 12.2 Å². The molecule has 0 saturated carbocycles. The summed E-state index contributed by atoms with van der Waals surface area (Å²) in [6.07, 6.45) is 72.2. The van der Waals surface area contributed by atoms with Crippen LogP contribution in [0.15, 0.2) is 12.2 Å². The van der Waals surface area contributed by atoms with Crippen LogP contribution in [0.3, 0.4) is 0 Å². The van der Waals surface area contributed by atoms with Crippen molar-refractivity contribution in [1.82, 2.24) is 5.32 Å². The molecule has 0 heterocycles. The molecule has 416 valence electrons. The topological polar surface area (TPSA) is 95.9 Å². The number of carbonyl (C=O) groups excluding carboxylic acids is 2. The van der Waals surface area contributed by atoms with Gasteiger partial charge in [-0.05, 0) is 51.4 Å². The number of allylic oxidation sites excluding steroid dienone is 2. The molecule has 0 aliphatic heterocycles. The highest BCUT2D eigenvalue weighted by atomic mass is 16.5. The van der Waals surface area contributed by atoms with Gasteiger partial charge in [0, 0.05) is 12.8 Å². The maximum absolute atomic E-state index is 12.5. The molecule has 0 radical (unpaired) electrons. The van der Waals surface area contributed by atoms with Crippen LogP contribution in [0.4, 0.5) is 0 Å². The fourth-order valence-electron chi connectivity index (χ4n) is 10.2. The van der Waals surface area contributed by atoms with Gasteiger partial charge < -0.3 is 20.3 Å². The van der Waals surface area contributed by atoms with Gasteiger partial charge >= 0.3 is 5.97 Å². The van der Waals surface area contributed by atoms with E-state index in [0.717, 1.165) is 44.9 Å². The molecule has 0 aromatic carbocycles. The van der Waals surface area contributed by atoms with Gasteiger partial charge in [0.05, 0.1) is 25.4 Å². The van der Waals surface area contributed by atoms with Crippen LogP contribution in [0, 0.1) is 0 Å². The molecule has 0 aliphatic carbocycles. The Kier molecular flexibility index (Phi) is 59.0. The summed E-state index contributed by atoms with van der Waals surface area (Å²) in [5.74, 6) is -0.0256. The quantitative estimate of drug-likeness (QED) is 0.0321. The monoisotopic (exact) mass is 988 g/mol. The number of nitrogens with one attached hydrogen (secondary N) is 1. The summed E-state index contributed by atoms with van der Waals surface area (Å²) in [6.45, 7) is 4.97. The molecule has 0 fully saturated rings. The highest BCUT2D eigenvalue weighted by Gasteiger charge is 2.20. The summed E-state index contributed by atoms with van der Waals surface area (Å²) in [7, 11) is 0. The van der Waals surface area contributed by atoms with Crippen molar-refractivity contribution < 1.29 is 24.5 Å². The Labute approximate surface area is 438 Å². The zero-order valence-electron chi connectivity index (χ0n) is 47.5. The van der Waals surface area contributed by atoms with Crippen LogP contribution in [0.1, 0.15) is 361 Å². The summed E-state index contributed by atoms with van der Waals surface area (Å²) in [5.41, 5.74) is 0. The van der Waals surface area contributed by atoms with Crippen molar-refractivity contribution in [2.24, 2.45) is 0 Å².